The van der Waals surface area contributed by atoms with Gasteiger partial charge >= 0.3 is 0 Å². The third kappa shape index (κ3) is 3.13. The number of likely N-dealkylation sites (tertiary alicyclic amines) is 1. The van der Waals surface area contributed by atoms with Gasteiger partial charge in [-0.1, -0.05) is 30.3 Å². The Morgan fingerprint density at radius 1 is 1.07 bits per heavy atom. The van der Waals surface area contributed by atoms with Gasteiger partial charge in [0, 0.05) is 37.7 Å². The van der Waals surface area contributed by atoms with E-state index in [0.29, 0.717) is 18.4 Å². The standard InChI is InChI=1S/C23H28N6O/c1-16-8-4-5-9-18(16)22-19-14-27(23-25-24-20-10-6-7-11-28(20)23)12-17(19)13-29(22)21(30)15-26(2)3/h4-11,17,19,22H,12-15H2,1-3H3/t17-,19-,22+/m1/s1. The van der Waals surface area contributed by atoms with Gasteiger partial charge in [-0.05, 0) is 44.3 Å². The third-order valence-electron chi connectivity index (χ3n) is 6.52. The fourth-order valence-electron chi connectivity index (χ4n) is 5.19. The van der Waals surface area contributed by atoms with Gasteiger partial charge in [-0.15, -0.1) is 10.2 Å². The van der Waals surface area contributed by atoms with Crippen LogP contribution in [0.15, 0.2) is 48.7 Å². The summed E-state index contributed by atoms with van der Waals surface area (Å²) in [5.74, 6) is 1.92. The van der Waals surface area contributed by atoms with E-state index >= 15 is 0 Å². The van der Waals surface area contributed by atoms with Crippen molar-refractivity contribution in [2.24, 2.45) is 11.8 Å². The maximum absolute atomic E-state index is 13.1. The number of aromatic nitrogens is 3. The molecule has 5 rings (SSSR count). The molecule has 1 aromatic carbocycles. The molecule has 2 fully saturated rings. The van der Waals surface area contributed by atoms with Crippen molar-refractivity contribution in [3.05, 3.63) is 59.8 Å². The lowest BCUT2D eigenvalue weighted by molar-refractivity contribution is -0.133. The third-order valence-corrected chi connectivity index (χ3v) is 6.52. The first-order valence-corrected chi connectivity index (χ1v) is 10.6. The molecule has 0 N–H and O–H groups in total. The number of carbonyl (C=O) groups is 1. The van der Waals surface area contributed by atoms with Crippen molar-refractivity contribution in [1.82, 2.24) is 24.4 Å². The highest BCUT2D eigenvalue weighted by Gasteiger charge is 2.50. The summed E-state index contributed by atoms with van der Waals surface area (Å²) in [4.78, 5) is 19.5. The van der Waals surface area contributed by atoms with Crippen LogP contribution in [0.5, 0.6) is 0 Å². The molecule has 0 aliphatic carbocycles. The molecule has 0 bridgehead atoms. The van der Waals surface area contributed by atoms with Gasteiger partial charge in [0.25, 0.3) is 0 Å². The minimum atomic E-state index is 0.104. The Labute approximate surface area is 176 Å². The number of nitrogens with zero attached hydrogens (tertiary/aromatic N) is 6. The molecule has 7 nitrogen and oxygen atoms in total. The lowest BCUT2D eigenvalue weighted by atomic mass is 9.87. The SMILES string of the molecule is Cc1ccccc1[C@H]1[C@@H]2CN(c3nnc4ccccn34)C[C@@H]2CN1C(=O)CN(C)C. The second-order valence-electron chi connectivity index (χ2n) is 8.84. The maximum Gasteiger partial charge on any atom is 0.237 e. The van der Waals surface area contributed by atoms with Gasteiger partial charge in [-0.2, -0.15) is 0 Å². The van der Waals surface area contributed by atoms with E-state index in [2.05, 4.69) is 55.6 Å². The molecular formula is C23H28N6O. The first kappa shape index (κ1) is 19.1. The molecule has 3 atom stereocenters. The molecule has 4 heterocycles. The van der Waals surface area contributed by atoms with Crippen LogP contribution in [-0.2, 0) is 4.79 Å². The Morgan fingerprint density at radius 2 is 1.87 bits per heavy atom. The predicted molar refractivity (Wildman–Crippen MR) is 116 cm³/mol. The Balaban J connectivity index is 1.48. The summed E-state index contributed by atoms with van der Waals surface area (Å²) in [6.45, 7) is 5.17. The normalized spacial score (nSPS) is 23.5. The number of benzene rings is 1. The molecule has 0 saturated carbocycles. The topological polar surface area (TPSA) is 57.0 Å². The number of fused-ring (bicyclic) bond motifs is 2. The fraction of sp³-hybridized carbons (Fsp3) is 0.435. The summed E-state index contributed by atoms with van der Waals surface area (Å²) in [7, 11) is 3.91. The van der Waals surface area contributed by atoms with E-state index in [-0.39, 0.29) is 11.9 Å². The summed E-state index contributed by atoms with van der Waals surface area (Å²) in [6.07, 6.45) is 2.02. The van der Waals surface area contributed by atoms with E-state index in [9.17, 15) is 4.79 Å². The number of rotatable bonds is 4. The van der Waals surface area contributed by atoms with Crippen molar-refractivity contribution in [2.75, 3.05) is 45.2 Å². The quantitative estimate of drug-likeness (QED) is 0.668. The van der Waals surface area contributed by atoms with Crippen LogP contribution in [0.3, 0.4) is 0 Å². The van der Waals surface area contributed by atoms with Crippen LogP contribution in [0, 0.1) is 18.8 Å². The average Bonchev–Trinajstić information content (AvgIpc) is 3.39. The number of hydrogen-bond donors (Lipinski definition) is 0. The van der Waals surface area contributed by atoms with E-state index < -0.39 is 0 Å². The molecule has 2 saturated heterocycles. The van der Waals surface area contributed by atoms with Gasteiger partial charge in [0.1, 0.15) is 0 Å². The van der Waals surface area contributed by atoms with Crippen LogP contribution in [-0.4, -0.2) is 70.6 Å². The second-order valence-corrected chi connectivity index (χ2v) is 8.84. The summed E-state index contributed by atoms with van der Waals surface area (Å²) in [5.41, 5.74) is 3.38. The van der Waals surface area contributed by atoms with Crippen LogP contribution >= 0.6 is 0 Å². The number of amides is 1. The van der Waals surface area contributed by atoms with Crippen LogP contribution in [0.25, 0.3) is 5.65 Å². The summed E-state index contributed by atoms with van der Waals surface area (Å²) < 4.78 is 2.05. The smallest absolute Gasteiger partial charge is 0.237 e. The fourth-order valence-corrected chi connectivity index (χ4v) is 5.19. The number of likely N-dealkylation sites (N-methyl/N-ethyl adjacent to an activating group) is 1. The van der Waals surface area contributed by atoms with Crippen molar-refractivity contribution in [2.45, 2.75) is 13.0 Å². The number of carbonyl (C=O) groups excluding carboxylic acids is 1. The van der Waals surface area contributed by atoms with E-state index in [1.54, 1.807) is 0 Å². The van der Waals surface area contributed by atoms with Gasteiger partial charge < -0.3 is 14.7 Å². The summed E-state index contributed by atoms with van der Waals surface area (Å²) in [5, 5.41) is 8.79. The average molecular weight is 405 g/mol. The zero-order chi connectivity index (χ0) is 20.8. The van der Waals surface area contributed by atoms with Crippen molar-refractivity contribution in [3.8, 4) is 0 Å². The van der Waals surface area contributed by atoms with Crippen LogP contribution in [0.2, 0.25) is 0 Å². The van der Waals surface area contributed by atoms with E-state index in [4.69, 9.17) is 0 Å². The monoisotopic (exact) mass is 404 g/mol. The largest absolute Gasteiger partial charge is 0.340 e. The Bertz CT molecular complexity index is 1080. The maximum atomic E-state index is 13.1. The molecule has 3 aromatic rings. The summed E-state index contributed by atoms with van der Waals surface area (Å²) in [6, 6.07) is 14.6. The molecule has 2 aliphatic rings. The molecule has 156 valence electrons. The Morgan fingerprint density at radius 3 is 2.67 bits per heavy atom. The summed E-state index contributed by atoms with van der Waals surface area (Å²) >= 11 is 0. The minimum absolute atomic E-state index is 0.104. The van der Waals surface area contributed by atoms with Crippen molar-refractivity contribution in [3.63, 3.8) is 0 Å². The molecule has 0 spiro atoms. The number of anilines is 1. The molecule has 7 heteroatoms. The van der Waals surface area contributed by atoms with Crippen LogP contribution in [0.1, 0.15) is 17.2 Å². The zero-order valence-electron chi connectivity index (χ0n) is 17.8. The lowest BCUT2D eigenvalue weighted by Gasteiger charge is -2.31. The molecular weight excluding hydrogens is 376 g/mol. The molecule has 30 heavy (non-hydrogen) atoms. The first-order chi connectivity index (χ1) is 14.5. The highest BCUT2D eigenvalue weighted by Crippen LogP contribution is 2.46. The van der Waals surface area contributed by atoms with E-state index in [0.717, 1.165) is 31.2 Å². The molecule has 2 aliphatic heterocycles. The van der Waals surface area contributed by atoms with Gasteiger partial charge in [-0.3, -0.25) is 9.20 Å². The first-order valence-electron chi connectivity index (χ1n) is 10.6. The highest BCUT2D eigenvalue weighted by atomic mass is 16.2. The van der Waals surface area contributed by atoms with Gasteiger partial charge in [0.2, 0.25) is 11.9 Å². The number of hydrogen-bond acceptors (Lipinski definition) is 5. The van der Waals surface area contributed by atoms with Gasteiger partial charge in [-0.25, -0.2) is 0 Å². The van der Waals surface area contributed by atoms with Crippen molar-refractivity contribution >= 4 is 17.5 Å². The molecule has 0 unspecified atom stereocenters. The second kappa shape index (κ2) is 7.40. The minimum Gasteiger partial charge on any atom is -0.340 e. The van der Waals surface area contributed by atoms with Gasteiger partial charge in [0.05, 0.1) is 12.6 Å². The lowest BCUT2D eigenvalue weighted by Crippen LogP contribution is -2.40. The molecule has 2 aromatic heterocycles. The highest BCUT2D eigenvalue weighted by molar-refractivity contribution is 5.79. The van der Waals surface area contributed by atoms with Crippen LogP contribution < -0.4 is 4.90 Å². The number of pyridine rings is 1. The van der Waals surface area contributed by atoms with Crippen molar-refractivity contribution in [1.29, 1.82) is 0 Å². The van der Waals surface area contributed by atoms with Crippen LogP contribution in [0.4, 0.5) is 5.95 Å². The van der Waals surface area contributed by atoms with E-state index in [1.165, 1.54) is 11.1 Å². The van der Waals surface area contributed by atoms with E-state index in [1.807, 2.05) is 43.4 Å². The van der Waals surface area contributed by atoms with Gasteiger partial charge in [0.15, 0.2) is 5.65 Å². The Kier molecular flexibility index (Phi) is 4.70. The zero-order valence-corrected chi connectivity index (χ0v) is 17.8. The van der Waals surface area contributed by atoms with Crippen molar-refractivity contribution < 1.29 is 4.79 Å². The molecule has 0 radical (unpaired) electrons. The predicted octanol–water partition coefficient (Wildman–Crippen LogP) is 2.24. The Hall–Kier alpha value is -2.93. The number of aryl methyl sites for hydroxylation is 1. The molecule has 1 amide bonds.